The molecule has 0 aliphatic rings. The summed E-state index contributed by atoms with van der Waals surface area (Å²) < 4.78 is 7.49. The molecule has 0 aromatic carbocycles. The van der Waals surface area contributed by atoms with Crippen molar-refractivity contribution in [2.24, 2.45) is 11.8 Å². The molecule has 1 aromatic rings. The van der Waals surface area contributed by atoms with E-state index in [1.807, 2.05) is 4.68 Å². The number of methoxy groups -OCH3 is 1. The molecule has 1 aromatic heterocycles. The molecular weight excluding hydrogens is 252 g/mol. The van der Waals surface area contributed by atoms with Gasteiger partial charge in [0, 0.05) is 6.04 Å². The van der Waals surface area contributed by atoms with Crippen molar-refractivity contribution in [1.82, 2.24) is 15.2 Å². The van der Waals surface area contributed by atoms with Crippen LogP contribution in [0.2, 0.25) is 0 Å². The van der Waals surface area contributed by atoms with Crippen LogP contribution in [0.1, 0.15) is 71.2 Å². The molecule has 3 N–H and O–H groups in total. The molecule has 1 rings (SSSR count). The van der Waals surface area contributed by atoms with E-state index in [1.54, 1.807) is 13.3 Å². The number of nitrogens with one attached hydrogen (secondary N) is 1. The van der Waals surface area contributed by atoms with Crippen LogP contribution in [0.15, 0.2) is 6.20 Å². The Balaban J connectivity index is 3.11. The summed E-state index contributed by atoms with van der Waals surface area (Å²) in [7, 11) is 1.69. The molecule has 0 amide bonds. The summed E-state index contributed by atoms with van der Waals surface area (Å²) in [6.45, 7) is 8.68. The first kappa shape index (κ1) is 17.0. The summed E-state index contributed by atoms with van der Waals surface area (Å²) in [5.74, 6) is 7.16. The Kier molecular flexibility index (Phi) is 7.02. The molecule has 0 aliphatic heterocycles. The lowest BCUT2D eigenvalue weighted by Crippen LogP contribution is -2.35. The standard InChI is InChI=1S/C15H30N4O/c1-6-8-9-12(7-2)14(18-16)15-13(20-5)10-17-19(15)11(3)4/h10-12,14,18H,6-9,16H2,1-5H3. The van der Waals surface area contributed by atoms with E-state index >= 15 is 0 Å². The molecule has 116 valence electrons. The van der Waals surface area contributed by atoms with Crippen LogP contribution >= 0.6 is 0 Å². The first-order chi connectivity index (χ1) is 9.60. The topological polar surface area (TPSA) is 65.1 Å². The minimum Gasteiger partial charge on any atom is -0.493 e. The highest BCUT2D eigenvalue weighted by Gasteiger charge is 2.28. The summed E-state index contributed by atoms with van der Waals surface area (Å²) in [5, 5.41) is 4.45. The van der Waals surface area contributed by atoms with Crippen LogP contribution in [-0.2, 0) is 0 Å². The highest BCUT2D eigenvalue weighted by Crippen LogP contribution is 2.35. The van der Waals surface area contributed by atoms with Gasteiger partial charge in [-0.15, -0.1) is 0 Å². The van der Waals surface area contributed by atoms with Crippen LogP contribution in [0.4, 0.5) is 0 Å². The molecule has 2 unspecified atom stereocenters. The molecule has 1 heterocycles. The van der Waals surface area contributed by atoms with Gasteiger partial charge in [0.25, 0.3) is 0 Å². The third kappa shape index (κ3) is 3.73. The van der Waals surface area contributed by atoms with Crippen molar-refractivity contribution in [2.75, 3.05) is 7.11 Å². The second kappa shape index (κ2) is 8.27. The molecule has 0 saturated carbocycles. The Morgan fingerprint density at radius 1 is 1.40 bits per heavy atom. The minimum absolute atomic E-state index is 0.0754. The van der Waals surface area contributed by atoms with Crippen molar-refractivity contribution in [3.63, 3.8) is 0 Å². The summed E-state index contributed by atoms with van der Waals surface area (Å²) >= 11 is 0. The average Bonchev–Trinajstić information content (AvgIpc) is 2.87. The molecule has 20 heavy (non-hydrogen) atoms. The van der Waals surface area contributed by atoms with Gasteiger partial charge in [0.2, 0.25) is 0 Å². The van der Waals surface area contributed by atoms with E-state index in [2.05, 4.69) is 38.2 Å². The Hall–Kier alpha value is -1.07. The first-order valence-corrected chi connectivity index (χ1v) is 7.68. The fourth-order valence-electron chi connectivity index (χ4n) is 2.73. The lowest BCUT2D eigenvalue weighted by molar-refractivity contribution is 0.293. The average molecular weight is 282 g/mol. The Labute approximate surface area is 122 Å². The Bertz CT molecular complexity index is 389. The van der Waals surface area contributed by atoms with Crippen molar-refractivity contribution in [1.29, 1.82) is 0 Å². The van der Waals surface area contributed by atoms with Crippen LogP contribution in [0.25, 0.3) is 0 Å². The van der Waals surface area contributed by atoms with E-state index in [0.717, 1.165) is 24.3 Å². The van der Waals surface area contributed by atoms with E-state index in [4.69, 9.17) is 10.6 Å². The van der Waals surface area contributed by atoms with Gasteiger partial charge >= 0.3 is 0 Å². The number of nitrogens with zero attached hydrogens (tertiary/aromatic N) is 2. The van der Waals surface area contributed by atoms with Crippen molar-refractivity contribution in [3.05, 3.63) is 11.9 Å². The van der Waals surface area contributed by atoms with Crippen molar-refractivity contribution in [2.45, 2.75) is 65.5 Å². The van der Waals surface area contributed by atoms with Crippen LogP contribution < -0.4 is 16.0 Å². The second-order valence-electron chi connectivity index (χ2n) is 5.59. The van der Waals surface area contributed by atoms with Gasteiger partial charge in [0.15, 0.2) is 5.75 Å². The van der Waals surface area contributed by atoms with Crippen molar-refractivity contribution < 1.29 is 4.74 Å². The van der Waals surface area contributed by atoms with Crippen LogP contribution in [0.5, 0.6) is 5.75 Å². The number of hydrazine groups is 1. The SMILES string of the molecule is CCCCC(CC)C(NN)c1c(OC)cnn1C(C)C. The molecule has 5 heteroatoms. The third-order valence-corrected chi connectivity index (χ3v) is 3.91. The maximum Gasteiger partial charge on any atom is 0.161 e. The number of unbranched alkanes of at least 4 members (excludes halogenated alkanes) is 1. The van der Waals surface area contributed by atoms with Gasteiger partial charge in [-0.3, -0.25) is 16.0 Å². The second-order valence-corrected chi connectivity index (χ2v) is 5.59. The Morgan fingerprint density at radius 3 is 2.55 bits per heavy atom. The molecule has 0 fully saturated rings. The zero-order valence-electron chi connectivity index (χ0n) is 13.5. The van der Waals surface area contributed by atoms with Gasteiger partial charge in [-0.2, -0.15) is 5.10 Å². The molecule has 0 saturated heterocycles. The number of hydrogen-bond acceptors (Lipinski definition) is 4. The number of rotatable bonds is 9. The van der Waals surface area contributed by atoms with Crippen LogP contribution in [0.3, 0.4) is 0 Å². The quantitative estimate of drug-likeness (QED) is 0.539. The van der Waals surface area contributed by atoms with Gasteiger partial charge in [-0.05, 0) is 26.2 Å². The molecule has 0 aliphatic carbocycles. The van der Waals surface area contributed by atoms with E-state index in [9.17, 15) is 0 Å². The smallest absolute Gasteiger partial charge is 0.161 e. The molecule has 0 radical (unpaired) electrons. The summed E-state index contributed by atoms with van der Waals surface area (Å²) in [5.41, 5.74) is 4.06. The fraction of sp³-hybridized carbons (Fsp3) is 0.800. The number of nitrogens with two attached hydrogens (primary N) is 1. The molecule has 0 spiro atoms. The summed E-state index contributed by atoms with van der Waals surface area (Å²) in [6.07, 6.45) is 6.45. The normalized spacial score (nSPS) is 14.6. The molecule has 0 bridgehead atoms. The van der Waals surface area contributed by atoms with E-state index in [1.165, 1.54) is 12.8 Å². The lowest BCUT2D eigenvalue weighted by Gasteiger charge is -2.28. The fourth-order valence-corrected chi connectivity index (χ4v) is 2.73. The van der Waals surface area contributed by atoms with Gasteiger partial charge in [-0.25, -0.2) is 0 Å². The number of aromatic nitrogens is 2. The maximum absolute atomic E-state index is 5.86. The zero-order chi connectivity index (χ0) is 15.1. The highest BCUT2D eigenvalue weighted by atomic mass is 16.5. The summed E-state index contributed by atoms with van der Waals surface area (Å²) in [4.78, 5) is 0. The van der Waals surface area contributed by atoms with Gasteiger partial charge in [0.1, 0.15) is 0 Å². The molecular formula is C15H30N4O. The highest BCUT2D eigenvalue weighted by molar-refractivity contribution is 5.29. The Morgan fingerprint density at radius 2 is 2.10 bits per heavy atom. The largest absolute Gasteiger partial charge is 0.493 e. The van der Waals surface area contributed by atoms with Gasteiger partial charge < -0.3 is 4.74 Å². The van der Waals surface area contributed by atoms with E-state index < -0.39 is 0 Å². The van der Waals surface area contributed by atoms with Crippen LogP contribution in [-0.4, -0.2) is 16.9 Å². The minimum atomic E-state index is 0.0754. The van der Waals surface area contributed by atoms with E-state index in [-0.39, 0.29) is 12.1 Å². The molecule has 2 atom stereocenters. The van der Waals surface area contributed by atoms with Crippen molar-refractivity contribution in [3.8, 4) is 5.75 Å². The van der Waals surface area contributed by atoms with Crippen molar-refractivity contribution >= 4 is 0 Å². The monoisotopic (exact) mass is 282 g/mol. The van der Waals surface area contributed by atoms with Gasteiger partial charge in [0.05, 0.1) is 25.0 Å². The van der Waals surface area contributed by atoms with Gasteiger partial charge in [-0.1, -0.05) is 33.1 Å². The first-order valence-electron chi connectivity index (χ1n) is 7.68. The predicted octanol–water partition coefficient (Wildman–Crippen LogP) is 3.19. The third-order valence-electron chi connectivity index (χ3n) is 3.91. The number of ether oxygens (including phenoxy) is 1. The summed E-state index contributed by atoms with van der Waals surface area (Å²) in [6, 6.07) is 0.361. The maximum atomic E-state index is 5.86. The predicted molar refractivity (Wildman–Crippen MR) is 82.5 cm³/mol. The van der Waals surface area contributed by atoms with Crippen LogP contribution in [0, 0.1) is 5.92 Å². The van der Waals surface area contributed by atoms with E-state index in [0.29, 0.717) is 5.92 Å². The number of hydrogen-bond donors (Lipinski definition) is 2. The molecule has 5 nitrogen and oxygen atoms in total. The lowest BCUT2D eigenvalue weighted by atomic mass is 9.89. The zero-order valence-corrected chi connectivity index (χ0v) is 13.5.